The van der Waals surface area contributed by atoms with E-state index < -0.39 is 0 Å². The Hall–Kier alpha value is -0.530. The molecule has 1 atom stereocenters. The molecule has 2 heteroatoms. The zero-order chi connectivity index (χ0) is 6.36. The van der Waals surface area contributed by atoms with Gasteiger partial charge in [-0.05, 0) is 0 Å². The summed E-state index contributed by atoms with van der Waals surface area (Å²) >= 11 is 0. The molecule has 0 aromatic heterocycles. The van der Waals surface area contributed by atoms with Crippen molar-refractivity contribution < 1.29 is 9.53 Å². The van der Waals surface area contributed by atoms with Crippen LogP contribution in [0.15, 0.2) is 0 Å². The van der Waals surface area contributed by atoms with E-state index in [9.17, 15) is 4.79 Å². The third-order valence-corrected chi connectivity index (χ3v) is 1.18. The van der Waals surface area contributed by atoms with E-state index in [4.69, 9.17) is 0 Å². The molecule has 0 amide bonds. The lowest BCUT2D eigenvalue weighted by Gasteiger charge is -2.09. The van der Waals surface area contributed by atoms with Crippen LogP contribution in [0.3, 0.4) is 0 Å². The number of cyclic esters (lactones) is 1. The summed E-state index contributed by atoms with van der Waals surface area (Å²) in [6.45, 7) is 5.97. The summed E-state index contributed by atoms with van der Waals surface area (Å²) in [7, 11) is 0. The minimum absolute atomic E-state index is 0.0110. The SMILES string of the molecule is CC(C)(C)[C@@H]1OC1=O. The highest BCUT2D eigenvalue weighted by atomic mass is 16.6. The number of rotatable bonds is 0. The van der Waals surface area contributed by atoms with Crippen molar-refractivity contribution in [1.82, 2.24) is 0 Å². The molecule has 8 heavy (non-hydrogen) atoms. The fourth-order valence-corrected chi connectivity index (χ4v) is 0.612. The van der Waals surface area contributed by atoms with Crippen molar-refractivity contribution in [1.29, 1.82) is 0 Å². The first-order valence-corrected chi connectivity index (χ1v) is 2.72. The molecule has 0 unspecified atom stereocenters. The maximum absolute atomic E-state index is 10.3. The Morgan fingerprint density at radius 2 is 1.88 bits per heavy atom. The van der Waals surface area contributed by atoms with Gasteiger partial charge in [-0.2, -0.15) is 0 Å². The third kappa shape index (κ3) is 0.831. The summed E-state index contributed by atoms with van der Waals surface area (Å²) < 4.78 is 4.64. The number of ether oxygens (including phenoxy) is 1. The monoisotopic (exact) mass is 114 g/mol. The van der Waals surface area contributed by atoms with Crippen molar-refractivity contribution in [2.24, 2.45) is 5.41 Å². The van der Waals surface area contributed by atoms with E-state index in [0.717, 1.165) is 0 Å². The van der Waals surface area contributed by atoms with E-state index in [1.54, 1.807) is 0 Å². The average molecular weight is 114 g/mol. The van der Waals surface area contributed by atoms with Crippen LogP contribution in [0.2, 0.25) is 0 Å². The predicted octanol–water partition coefficient (Wildman–Crippen LogP) is 0.958. The molecule has 2 nitrogen and oxygen atoms in total. The van der Waals surface area contributed by atoms with Crippen LogP contribution in [-0.2, 0) is 9.53 Å². The van der Waals surface area contributed by atoms with E-state index in [1.165, 1.54) is 0 Å². The molecule has 0 radical (unpaired) electrons. The summed E-state index contributed by atoms with van der Waals surface area (Å²) in [6, 6.07) is 0. The molecule has 0 aromatic rings. The number of hydrogen-bond donors (Lipinski definition) is 0. The second kappa shape index (κ2) is 1.24. The number of carbonyl (C=O) groups excluding carboxylic acids is 1. The molecule has 0 saturated carbocycles. The van der Waals surface area contributed by atoms with E-state index in [1.807, 2.05) is 20.8 Å². The minimum atomic E-state index is -0.123. The molecule has 0 aromatic carbocycles. The quantitative estimate of drug-likeness (QED) is 0.439. The Labute approximate surface area is 48.8 Å². The molecule has 1 aliphatic rings. The van der Waals surface area contributed by atoms with Gasteiger partial charge < -0.3 is 4.74 Å². The number of epoxide rings is 1. The van der Waals surface area contributed by atoms with Gasteiger partial charge in [-0.1, -0.05) is 20.8 Å². The van der Waals surface area contributed by atoms with Crippen molar-refractivity contribution in [2.75, 3.05) is 0 Å². The molecule has 46 valence electrons. The zero-order valence-electron chi connectivity index (χ0n) is 5.39. The minimum Gasteiger partial charge on any atom is -0.447 e. The second-order valence-electron chi connectivity index (χ2n) is 3.18. The molecule has 0 spiro atoms. The molecule has 1 fully saturated rings. The van der Waals surface area contributed by atoms with E-state index in [0.29, 0.717) is 0 Å². The molecule has 1 heterocycles. The van der Waals surface area contributed by atoms with Crippen molar-refractivity contribution in [3.8, 4) is 0 Å². The van der Waals surface area contributed by atoms with Crippen LogP contribution in [0.1, 0.15) is 20.8 Å². The molecule has 0 N–H and O–H groups in total. The lowest BCUT2D eigenvalue weighted by molar-refractivity contribution is -0.117. The largest absolute Gasteiger partial charge is 0.447 e. The van der Waals surface area contributed by atoms with Gasteiger partial charge in [0.1, 0.15) is 0 Å². The standard InChI is InChI=1S/C6H10O2/c1-6(2,3)4-5(7)8-4/h4H,1-3H3/t4-/m1/s1. The first-order chi connectivity index (χ1) is 3.52. The smallest absolute Gasteiger partial charge is 0.348 e. The normalized spacial score (nSPS) is 27.4. The van der Waals surface area contributed by atoms with Crippen molar-refractivity contribution >= 4 is 5.97 Å². The Bertz CT molecular complexity index is 121. The molecular formula is C6H10O2. The topological polar surface area (TPSA) is 29.6 Å². The van der Waals surface area contributed by atoms with Gasteiger partial charge in [-0.15, -0.1) is 0 Å². The Kier molecular flexibility index (Phi) is 0.872. The van der Waals surface area contributed by atoms with Gasteiger partial charge in [0, 0.05) is 5.41 Å². The summed E-state index contributed by atoms with van der Waals surface area (Å²) in [5.74, 6) is -0.0579. The third-order valence-electron chi connectivity index (χ3n) is 1.18. The first-order valence-electron chi connectivity index (χ1n) is 2.72. The molecule has 1 saturated heterocycles. The summed E-state index contributed by atoms with van der Waals surface area (Å²) in [6.07, 6.45) is -0.123. The van der Waals surface area contributed by atoms with Crippen LogP contribution >= 0.6 is 0 Å². The van der Waals surface area contributed by atoms with Crippen molar-refractivity contribution in [3.05, 3.63) is 0 Å². The van der Waals surface area contributed by atoms with Crippen LogP contribution in [0.5, 0.6) is 0 Å². The Balaban J connectivity index is 2.51. The van der Waals surface area contributed by atoms with Gasteiger partial charge in [-0.25, -0.2) is 4.79 Å². The molecular weight excluding hydrogens is 104 g/mol. The van der Waals surface area contributed by atoms with Crippen LogP contribution in [-0.4, -0.2) is 12.1 Å². The van der Waals surface area contributed by atoms with Gasteiger partial charge in [0.15, 0.2) is 0 Å². The van der Waals surface area contributed by atoms with Crippen molar-refractivity contribution in [3.63, 3.8) is 0 Å². The maximum atomic E-state index is 10.3. The zero-order valence-corrected chi connectivity index (χ0v) is 5.39. The highest BCUT2D eigenvalue weighted by Gasteiger charge is 2.47. The molecule has 0 aliphatic carbocycles. The highest BCUT2D eigenvalue weighted by molar-refractivity contribution is 5.88. The summed E-state index contributed by atoms with van der Waals surface area (Å²) in [5.41, 5.74) is 0.0110. The summed E-state index contributed by atoms with van der Waals surface area (Å²) in [5, 5.41) is 0. The van der Waals surface area contributed by atoms with Crippen LogP contribution < -0.4 is 0 Å². The van der Waals surface area contributed by atoms with E-state index in [-0.39, 0.29) is 17.5 Å². The summed E-state index contributed by atoms with van der Waals surface area (Å²) in [4.78, 5) is 10.3. The van der Waals surface area contributed by atoms with E-state index in [2.05, 4.69) is 4.74 Å². The predicted molar refractivity (Wildman–Crippen MR) is 29.3 cm³/mol. The van der Waals surface area contributed by atoms with Crippen molar-refractivity contribution in [2.45, 2.75) is 26.9 Å². The molecule has 0 bridgehead atoms. The van der Waals surface area contributed by atoms with Crippen LogP contribution in [0.4, 0.5) is 0 Å². The van der Waals surface area contributed by atoms with Gasteiger partial charge in [0.05, 0.1) is 0 Å². The Morgan fingerprint density at radius 3 is 1.88 bits per heavy atom. The number of carbonyl (C=O) groups is 1. The van der Waals surface area contributed by atoms with Crippen LogP contribution in [0.25, 0.3) is 0 Å². The lowest BCUT2D eigenvalue weighted by atomic mass is 9.93. The Morgan fingerprint density at radius 1 is 1.50 bits per heavy atom. The fourth-order valence-electron chi connectivity index (χ4n) is 0.612. The molecule has 1 rings (SSSR count). The second-order valence-corrected chi connectivity index (χ2v) is 3.18. The highest BCUT2D eigenvalue weighted by Crippen LogP contribution is 2.32. The van der Waals surface area contributed by atoms with Crippen LogP contribution in [0, 0.1) is 5.41 Å². The van der Waals surface area contributed by atoms with Gasteiger partial charge in [0.2, 0.25) is 6.10 Å². The average Bonchev–Trinajstić information content (AvgIpc) is 2.13. The fraction of sp³-hybridized carbons (Fsp3) is 0.833. The number of hydrogen-bond acceptors (Lipinski definition) is 2. The van der Waals surface area contributed by atoms with Gasteiger partial charge >= 0.3 is 5.97 Å². The first kappa shape index (κ1) is 5.60. The van der Waals surface area contributed by atoms with E-state index >= 15 is 0 Å². The lowest BCUT2D eigenvalue weighted by Crippen LogP contribution is -2.14. The van der Waals surface area contributed by atoms with Gasteiger partial charge in [0.25, 0.3) is 0 Å². The maximum Gasteiger partial charge on any atom is 0.348 e. The molecule has 1 aliphatic heterocycles. The van der Waals surface area contributed by atoms with Gasteiger partial charge in [-0.3, -0.25) is 0 Å².